The first-order valence-corrected chi connectivity index (χ1v) is 8.08. The fourth-order valence-electron chi connectivity index (χ4n) is 2.05. The van der Waals surface area contributed by atoms with Gasteiger partial charge in [0.05, 0.1) is 6.54 Å². The molecule has 0 spiro atoms. The topological polar surface area (TPSA) is 106 Å². The minimum absolute atomic E-state index is 0.152. The highest BCUT2D eigenvalue weighted by Gasteiger charge is 2.21. The summed E-state index contributed by atoms with van der Waals surface area (Å²) in [5, 5.41) is 18.4. The second kappa shape index (κ2) is 7.89. The molecule has 2 N–H and O–H groups in total. The highest BCUT2D eigenvalue weighted by atomic mass is 16.5. The highest BCUT2D eigenvalue weighted by molar-refractivity contribution is 5.79. The Kier molecular flexibility index (Phi) is 5.88. The van der Waals surface area contributed by atoms with Gasteiger partial charge in [0.15, 0.2) is 11.8 Å². The van der Waals surface area contributed by atoms with Crippen molar-refractivity contribution in [3.8, 4) is 0 Å². The van der Waals surface area contributed by atoms with E-state index < -0.39 is 0 Å². The fourth-order valence-corrected chi connectivity index (χ4v) is 2.05. The zero-order valence-electron chi connectivity index (χ0n) is 15.0. The van der Waals surface area contributed by atoms with Gasteiger partial charge in [0, 0.05) is 32.0 Å². The zero-order valence-corrected chi connectivity index (χ0v) is 15.0. The zero-order chi connectivity index (χ0) is 17.6. The molecule has 2 heterocycles. The van der Waals surface area contributed by atoms with Crippen LogP contribution in [0.15, 0.2) is 15.8 Å². The fraction of sp³-hybridized carbons (Fsp3) is 0.667. The number of aryl methyl sites for hydroxylation is 1. The van der Waals surface area contributed by atoms with E-state index in [1.54, 1.807) is 13.4 Å². The van der Waals surface area contributed by atoms with E-state index in [0.717, 1.165) is 18.8 Å². The Morgan fingerprint density at radius 2 is 2.12 bits per heavy atom. The molecular weight excluding hydrogens is 308 g/mol. The summed E-state index contributed by atoms with van der Waals surface area (Å²) < 4.78 is 7.29. The van der Waals surface area contributed by atoms with Gasteiger partial charge in [-0.1, -0.05) is 32.9 Å². The Balaban J connectivity index is 1.79. The average Bonchev–Trinajstić information content (AvgIpc) is 3.19. The summed E-state index contributed by atoms with van der Waals surface area (Å²) in [6, 6.07) is 0. The van der Waals surface area contributed by atoms with Gasteiger partial charge in [0.25, 0.3) is 0 Å². The van der Waals surface area contributed by atoms with Crippen LogP contribution < -0.4 is 10.6 Å². The summed E-state index contributed by atoms with van der Waals surface area (Å²) in [5.41, 5.74) is -0.152. The molecule has 2 aromatic heterocycles. The van der Waals surface area contributed by atoms with Crippen molar-refractivity contribution in [3.63, 3.8) is 0 Å². The van der Waals surface area contributed by atoms with E-state index in [0.29, 0.717) is 30.8 Å². The lowest BCUT2D eigenvalue weighted by atomic mass is 9.97. The lowest BCUT2D eigenvalue weighted by Crippen LogP contribution is -2.38. The van der Waals surface area contributed by atoms with Gasteiger partial charge in [-0.25, -0.2) is 0 Å². The van der Waals surface area contributed by atoms with Crippen LogP contribution in [-0.2, 0) is 24.9 Å². The molecule has 0 radical (unpaired) electrons. The third kappa shape index (κ3) is 4.77. The van der Waals surface area contributed by atoms with E-state index in [1.807, 2.05) is 25.3 Å². The number of aromatic nitrogens is 5. The Hall–Kier alpha value is -2.45. The summed E-state index contributed by atoms with van der Waals surface area (Å²) in [6.45, 7) is 10.1. The summed E-state index contributed by atoms with van der Waals surface area (Å²) in [7, 11) is 1.72. The van der Waals surface area contributed by atoms with E-state index in [-0.39, 0.29) is 5.41 Å². The number of aliphatic imine (C=N–C) groups is 1. The molecule has 0 amide bonds. The van der Waals surface area contributed by atoms with E-state index in [2.05, 4.69) is 42.9 Å². The van der Waals surface area contributed by atoms with Crippen LogP contribution in [0.4, 0.5) is 0 Å². The monoisotopic (exact) mass is 334 g/mol. The molecule has 2 rings (SSSR count). The molecule has 9 nitrogen and oxygen atoms in total. The van der Waals surface area contributed by atoms with E-state index in [1.165, 1.54) is 0 Å². The summed E-state index contributed by atoms with van der Waals surface area (Å²) in [4.78, 5) is 8.58. The normalized spacial score (nSPS) is 12.5. The first kappa shape index (κ1) is 17.9. The van der Waals surface area contributed by atoms with Gasteiger partial charge in [-0.05, 0) is 0 Å². The van der Waals surface area contributed by atoms with Crippen molar-refractivity contribution in [1.29, 1.82) is 0 Å². The first-order chi connectivity index (χ1) is 11.4. The minimum atomic E-state index is -0.152. The maximum atomic E-state index is 5.27. The smallest absolute Gasteiger partial charge is 0.232 e. The van der Waals surface area contributed by atoms with Gasteiger partial charge < -0.3 is 19.7 Å². The Morgan fingerprint density at radius 1 is 1.33 bits per heavy atom. The van der Waals surface area contributed by atoms with Crippen molar-refractivity contribution in [2.75, 3.05) is 13.6 Å². The van der Waals surface area contributed by atoms with Crippen LogP contribution >= 0.6 is 0 Å². The predicted molar refractivity (Wildman–Crippen MR) is 90.6 cm³/mol. The number of hydrogen-bond acceptors (Lipinski definition) is 6. The SMILES string of the molecule is CCc1nncn1CCNC(=NC)NCc1noc(C(C)(C)C)n1. The summed E-state index contributed by atoms with van der Waals surface area (Å²) >= 11 is 0. The quantitative estimate of drug-likeness (QED) is 0.597. The Bertz CT molecular complexity index is 667. The molecule has 24 heavy (non-hydrogen) atoms. The van der Waals surface area contributed by atoms with Crippen molar-refractivity contribution >= 4 is 5.96 Å². The van der Waals surface area contributed by atoms with Crippen LogP contribution in [0.25, 0.3) is 0 Å². The van der Waals surface area contributed by atoms with Gasteiger partial charge in [-0.3, -0.25) is 4.99 Å². The molecule has 9 heteroatoms. The summed E-state index contributed by atoms with van der Waals surface area (Å²) in [6.07, 6.45) is 2.60. The van der Waals surface area contributed by atoms with Gasteiger partial charge in [0.2, 0.25) is 5.89 Å². The van der Waals surface area contributed by atoms with Crippen molar-refractivity contribution in [2.45, 2.75) is 52.6 Å². The molecule has 0 saturated heterocycles. The number of hydrogen-bond donors (Lipinski definition) is 2. The highest BCUT2D eigenvalue weighted by Crippen LogP contribution is 2.19. The lowest BCUT2D eigenvalue weighted by molar-refractivity contribution is 0.318. The van der Waals surface area contributed by atoms with Gasteiger partial charge in [0.1, 0.15) is 12.2 Å². The van der Waals surface area contributed by atoms with Gasteiger partial charge >= 0.3 is 0 Å². The van der Waals surface area contributed by atoms with Crippen LogP contribution in [-0.4, -0.2) is 44.5 Å². The molecule has 2 aromatic rings. The van der Waals surface area contributed by atoms with E-state index in [4.69, 9.17) is 4.52 Å². The van der Waals surface area contributed by atoms with Crippen molar-refractivity contribution in [3.05, 3.63) is 23.9 Å². The first-order valence-electron chi connectivity index (χ1n) is 8.08. The lowest BCUT2D eigenvalue weighted by Gasteiger charge is -2.12. The molecule has 0 aliphatic heterocycles. The standard InChI is InChI=1S/C15H26N8O/c1-6-12-21-19-10-23(12)8-7-17-14(16-5)18-9-11-20-13(24-22-11)15(2,3)4/h10H,6-9H2,1-5H3,(H2,16,17,18). The third-order valence-electron chi connectivity index (χ3n) is 3.40. The van der Waals surface area contributed by atoms with Crippen LogP contribution in [0.3, 0.4) is 0 Å². The molecule has 0 bridgehead atoms. The van der Waals surface area contributed by atoms with Crippen LogP contribution in [0.5, 0.6) is 0 Å². The average molecular weight is 334 g/mol. The third-order valence-corrected chi connectivity index (χ3v) is 3.40. The number of guanidine groups is 1. The number of nitrogens with zero attached hydrogens (tertiary/aromatic N) is 6. The van der Waals surface area contributed by atoms with Crippen LogP contribution in [0, 0.1) is 0 Å². The molecule has 0 aliphatic rings. The van der Waals surface area contributed by atoms with Gasteiger partial charge in [-0.2, -0.15) is 4.98 Å². The second-order valence-corrected chi connectivity index (χ2v) is 6.41. The molecule has 0 aliphatic carbocycles. The molecule has 132 valence electrons. The Morgan fingerprint density at radius 3 is 2.75 bits per heavy atom. The van der Waals surface area contributed by atoms with Crippen molar-refractivity contribution in [2.24, 2.45) is 4.99 Å². The molecule has 0 aromatic carbocycles. The van der Waals surface area contributed by atoms with E-state index >= 15 is 0 Å². The molecule has 0 atom stereocenters. The minimum Gasteiger partial charge on any atom is -0.355 e. The molecular formula is C15H26N8O. The number of nitrogens with one attached hydrogen (secondary N) is 2. The van der Waals surface area contributed by atoms with E-state index in [9.17, 15) is 0 Å². The summed E-state index contributed by atoms with van der Waals surface area (Å²) in [5.74, 6) is 2.89. The molecule has 0 unspecified atom stereocenters. The predicted octanol–water partition coefficient (Wildman–Crippen LogP) is 0.886. The van der Waals surface area contributed by atoms with Crippen molar-refractivity contribution in [1.82, 2.24) is 35.5 Å². The largest absolute Gasteiger partial charge is 0.355 e. The molecule has 0 saturated carbocycles. The van der Waals surface area contributed by atoms with Crippen LogP contribution in [0.2, 0.25) is 0 Å². The van der Waals surface area contributed by atoms with Crippen LogP contribution in [0.1, 0.15) is 45.2 Å². The maximum absolute atomic E-state index is 5.27. The maximum Gasteiger partial charge on any atom is 0.232 e. The number of rotatable bonds is 6. The molecule has 0 fully saturated rings. The van der Waals surface area contributed by atoms with Gasteiger partial charge in [-0.15, -0.1) is 10.2 Å². The Labute approximate surface area is 142 Å². The van der Waals surface area contributed by atoms with Crippen molar-refractivity contribution < 1.29 is 4.52 Å². The second-order valence-electron chi connectivity index (χ2n) is 6.41.